The van der Waals surface area contributed by atoms with Gasteiger partial charge in [0.15, 0.2) is 5.96 Å². The van der Waals surface area contributed by atoms with Gasteiger partial charge in [0.1, 0.15) is 11.5 Å². The molecule has 8 heteroatoms. The van der Waals surface area contributed by atoms with Gasteiger partial charge in [0, 0.05) is 17.4 Å². The van der Waals surface area contributed by atoms with Gasteiger partial charge in [-0.25, -0.2) is 9.98 Å². The number of hydrogen-bond acceptors (Lipinski definition) is 4. The molecule has 2 heterocycles. The molecule has 6 nitrogen and oxygen atoms in total. The highest BCUT2D eigenvalue weighted by Crippen LogP contribution is 2.11. The quantitative estimate of drug-likeness (QED) is 0.249. The third-order valence-electron chi connectivity index (χ3n) is 4.06. The Bertz CT molecular complexity index is 857. The summed E-state index contributed by atoms with van der Waals surface area (Å²) in [6, 6.07) is 12.0. The van der Waals surface area contributed by atoms with Gasteiger partial charge in [0.25, 0.3) is 0 Å². The van der Waals surface area contributed by atoms with E-state index in [1.165, 1.54) is 0 Å². The molecule has 0 spiro atoms. The smallest absolute Gasteiger partial charge is 0.214 e. The lowest BCUT2D eigenvalue weighted by Gasteiger charge is -2.11. The van der Waals surface area contributed by atoms with Crippen LogP contribution in [0.5, 0.6) is 0 Å². The van der Waals surface area contributed by atoms with Crippen molar-refractivity contribution in [1.29, 1.82) is 0 Å². The normalized spacial score (nSPS) is 11.2. The third-order valence-corrected chi connectivity index (χ3v) is 4.59. The summed E-state index contributed by atoms with van der Waals surface area (Å²) in [6.45, 7) is 5.61. The first-order valence-corrected chi connectivity index (χ1v) is 9.61. The Morgan fingerprint density at radius 3 is 2.57 bits per heavy atom. The summed E-state index contributed by atoms with van der Waals surface area (Å²) >= 11 is 3.45. The highest BCUT2D eigenvalue weighted by Gasteiger charge is 2.07. The van der Waals surface area contributed by atoms with E-state index < -0.39 is 0 Å². The minimum Gasteiger partial charge on any atom is -0.469 e. The van der Waals surface area contributed by atoms with E-state index in [0.29, 0.717) is 31.5 Å². The molecule has 1 aromatic carbocycles. The minimum absolute atomic E-state index is 0. The van der Waals surface area contributed by atoms with Gasteiger partial charge in [0.05, 0.1) is 25.0 Å². The van der Waals surface area contributed by atoms with E-state index in [9.17, 15) is 0 Å². The molecule has 28 heavy (non-hydrogen) atoms. The van der Waals surface area contributed by atoms with Crippen molar-refractivity contribution in [3.8, 4) is 0 Å². The molecule has 0 aliphatic carbocycles. The molecule has 0 unspecified atom stereocenters. The standard InChI is InChI=1S/C20H23BrN4O2.HI/c1-14-15(2)27-19(25-14)13-24-20(22-10-9-18-4-3-11-26-18)23-12-16-5-7-17(21)8-6-16;/h3-8,11H,9-10,12-13H2,1-2H3,(H2,22,23,24);1H. The van der Waals surface area contributed by atoms with Crippen molar-refractivity contribution in [3.63, 3.8) is 0 Å². The second-order valence-corrected chi connectivity index (χ2v) is 7.07. The zero-order valence-corrected chi connectivity index (χ0v) is 19.8. The molecule has 0 atom stereocenters. The van der Waals surface area contributed by atoms with Crippen molar-refractivity contribution in [2.45, 2.75) is 33.4 Å². The van der Waals surface area contributed by atoms with Crippen molar-refractivity contribution in [3.05, 3.63) is 75.8 Å². The summed E-state index contributed by atoms with van der Waals surface area (Å²) in [5, 5.41) is 6.61. The van der Waals surface area contributed by atoms with Crippen LogP contribution in [0.25, 0.3) is 0 Å². The fourth-order valence-electron chi connectivity index (χ4n) is 2.47. The number of rotatable bonds is 7. The van der Waals surface area contributed by atoms with Crippen molar-refractivity contribution >= 4 is 45.9 Å². The van der Waals surface area contributed by atoms with Crippen LogP contribution in [0.3, 0.4) is 0 Å². The third kappa shape index (κ3) is 6.97. The van der Waals surface area contributed by atoms with E-state index >= 15 is 0 Å². The van der Waals surface area contributed by atoms with Gasteiger partial charge < -0.3 is 19.5 Å². The number of furan rings is 1. The molecule has 3 rings (SSSR count). The number of nitrogens with zero attached hydrogens (tertiary/aromatic N) is 2. The second kappa shape index (κ2) is 11.3. The van der Waals surface area contributed by atoms with Crippen molar-refractivity contribution in [2.75, 3.05) is 6.54 Å². The topological polar surface area (TPSA) is 75.6 Å². The average Bonchev–Trinajstić information content (AvgIpc) is 3.28. The van der Waals surface area contributed by atoms with E-state index in [1.807, 2.05) is 38.1 Å². The Labute approximate surface area is 190 Å². The molecule has 0 aliphatic rings. The maximum atomic E-state index is 5.63. The van der Waals surface area contributed by atoms with Crippen LogP contribution in [-0.4, -0.2) is 17.5 Å². The van der Waals surface area contributed by atoms with E-state index in [2.05, 4.69) is 48.7 Å². The first-order valence-electron chi connectivity index (χ1n) is 8.82. The number of benzene rings is 1. The second-order valence-electron chi connectivity index (χ2n) is 6.15. The van der Waals surface area contributed by atoms with Crippen LogP contribution in [0.15, 0.2) is 61.0 Å². The zero-order chi connectivity index (χ0) is 19.1. The zero-order valence-electron chi connectivity index (χ0n) is 15.9. The molecule has 0 amide bonds. The molecular formula is C20H24BrIN4O2. The monoisotopic (exact) mass is 558 g/mol. The van der Waals surface area contributed by atoms with E-state index in [1.54, 1.807) is 6.26 Å². The predicted molar refractivity (Wildman–Crippen MR) is 124 cm³/mol. The van der Waals surface area contributed by atoms with Crippen LogP contribution < -0.4 is 10.6 Å². The molecule has 0 aliphatic heterocycles. The number of oxazole rings is 1. The molecule has 0 saturated carbocycles. The van der Waals surface area contributed by atoms with Crippen LogP contribution in [0.4, 0.5) is 0 Å². The molecule has 2 aromatic heterocycles. The lowest BCUT2D eigenvalue weighted by Crippen LogP contribution is -2.38. The van der Waals surface area contributed by atoms with Crippen LogP contribution in [0.1, 0.15) is 28.7 Å². The van der Waals surface area contributed by atoms with E-state index in [-0.39, 0.29) is 24.0 Å². The Balaban J connectivity index is 0.00000280. The molecule has 3 aromatic rings. The summed E-state index contributed by atoms with van der Waals surface area (Å²) in [4.78, 5) is 9.06. The summed E-state index contributed by atoms with van der Waals surface area (Å²) < 4.78 is 12.1. The Kier molecular flexibility index (Phi) is 9.04. The maximum absolute atomic E-state index is 5.63. The first kappa shape index (κ1) is 22.5. The molecule has 0 radical (unpaired) electrons. The highest BCUT2D eigenvalue weighted by atomic mass is 127. The molecule has 0 bridgehead atoms. The van der Waals surface area contributed by atoms with Crippen LogP contribution in [0, 0.1) is 13.8 Å². The number of nitrogens with one attached hydrogen (secondary N) is 2. The number of guanidine groups is 1. The summed E-state index contributed by atoms with van der Waals surface area (Å²) in [6.07, 6.45) is 2.46. The van der Waals surface area contributed by atoms with Gasteiger partial charge in [-0.2, -0.15) is 0 Å². The average molecular weight is 559 g/mol. The van der Waals surface area contributed by atoms with E-state index in [4.69, 9.17) is 8.83 Å². The fourth-order valence-corrected chi connectivity index (χ4v) is 2.73. The number of hydrogen-bond donors (Lipinski definition) is 2. The highest BCUT2D eigenvalue weighted by molar-refractivity contribution is 14.0. The molecule has 0 saturated heterocycles. The number of aryl methyl sites for hydroxylation is 2. The minimum atomic E-state index is 0. The fraction of sp³-hybridized carbons (Fsp3) is 0.300. The number of aromatic nitrogens is 1. The Morgan fingerprint density at radius 1 is 1.14 bits per heavy atom. The van der Waals surface area contributed by atoms with Gasteiger partial charge in [-0.05, 0) is 43.7 Å². The van der Waals surface area contributed by atoms with Gasteiger partial charge in [-0.3, -0.25) is 0 Å². The van der Waals surface area contributed by atoms with Gasteiger partial charge in [-0.15, -0.1) is 24.0 Å². The predicted octanol–water partition coefficient (Wildman–Crippen LogP) is 4.74. The van der Waals surface area contributed by atoms with Crippen LogP contribution in [0.2, 0.25) is 0 Å². The van der Waals surface area contributed by atoms with Crippen LogP contribution in [-0.2, 0) is 19.5 Å². The maximum Gasteiger partial charge on any atom is 0.214 e. The van der Waals surface area contributed by atoms with Crippen molar-refractivity contribution < 1.29 is 8.83 Å². The summed E-state index contributed by atoms with van der Waals surface area (Å²) in [7, 11) is 0. The molecular weight excluding hydrogens is 535 g/mol. The summed E-state index contributed by atoms with van der Waals surface area (Å²) in [5.41, 5.74) is 2.04. The number of halogens is 2. The van der Waals surface area contributed by atoms with Crippen LogP contribution >= 0.6 is 39.9 Å². The van der Waals surface area contributed by atoms with Crippen molar-refractivity contribution in [1.82, 2.24) is 15.6 Å². The Hall–Kier alpha value is -1.81. The van der Waals surface area contributed by atoms with Gasteiger partial charge >= 0.3 is 0 Å². The molecule has 2 N–H and O–H groups in total. The van der Waals surface area contributed by atoms with Gasteiger partial charge in [0.2, 0.25) is 5.89 Å². The first-order chi connectivity index (χ1) is 13.1. The SMILES string of the molecule is Cc1nc(CNC(=NCc2ccc(Br)cc2)NCCc2ccco2)oc1C.I. The van der Waals surface area contributed by atoms with E-state index in [0.717, 1.165) is 33.7 Å². The lowest BCUT2D eigenvalue weighted by atomic mass is 10.2. The lowest BCUT2D eigenvalue weighted by molar-refractivity contribution is 0.463. The summed E-state index contributed by atoms with van der Waals surface area (Å²) in [5.74, 6) is 3.13. The number of aliphatic imine (C=N–C) groups is 1. The largest absolute Gasteiger partial charge is 0.469 e. The van der Waals surface area contributed by atoms with Gasteiger partial charge in [-0.1, -0.05) is 28.1 Å². The van der Waals surface area contributed by atoms with Crippen molar-refractivity contribution in [2.24, 2.45) is 4.99 Å². The Morgan fingerprint density at radius 2 is 1.93 bits per heavy atom. The molecule has 0 fully saturated rings. The molecule has 150 valence electrons.